The maximum Gasteiger partial charge on any atom is 0.350 e. The van der Waals surface area contributed by atoms with Crippen LogP contribution in [0, 0.1) is 0 Å². The van der Waals surface area contributed by atoms with E-state index >= 15 is 0 Å². The Balaban J connectivity index is 0.000000167. The zero-order chi connectivity index (χ0) is 31.9. The molecule has 0 saturated heterocycles. The van der Waals surface area contributed by atoms with E-state index in [4.69, 9.17) is 0 Å². The topological polar surface area (TPSA) is 106 Å². The van der Waals surface area contributed by atoms with E-state index in [-0.39, 0.29) is 12.1 Å². The number of hydrogen-bond donors (Lipinski definition) is 1. The molecular weight excluding hydrogens is 712 g/mol. The number of amides is 4. The van der Waals surface area contributed by atoms with Crippen LogP contribution in [0.15, 0.2) is 147 Å². The van der Waals surface area contributed by atoms with Crippen molar-refractivity contribution in [1.82, 2.24) is 15.3 Å². The minimum atomic E-state index is -0.253. The van der Waals surface area contributed by atoms with Gasteiger partial charge in [0.15, 0.2) is 0 Å². The first-order chi connectivity index (χ1) is 22.5. The first kappa shape index (κ1) is 30.8. The lowest BCUT2D eigenvalue weighted by Crippen LogP contribution is -2.49. The van der Waals surface area contributed by atoms with Crippen molar-refractivity contribution in [2.24, 2.45) is 10.2 Å². The molecule has 2 aromatic heterocycles. The van der Waals surface area contributed by atoms with Gasteiger partial charge in [0.2, 0.25) is 0 Å². The van der Waals surface area contributed by atoms with Crippen LogP contribution in [0.25, 0.3) is 0 Å². The molecule has 2 aliphatic heterocycles. The summed E-state index contributed by atoms with van der Waals surface area (Å²) in [7, 11) is 0. The van der Waals surface area contributed by atoms with Crippen molar-refractivity contribution in [1.29, 1.82) is 0 Å². The van der Waals surface area contributed by atoms with E-state index in [2.05, 4.69) is 57.3 Å². The van der Waals surface area contributed by atoms with Crippen LogP contribution in [-0.2, 0) is 0 Å². The second kappa shape index (κ2) is 14.3. The lowest BCUT2D eigenvalue weighted by Gasteiger charge is -2.33. The zero-order valence-electron chi connectivity index (χ0n) is 24.2. The van der Waals surface area contributed by atoms with Gasteiger partial charge in [-0.05, 0) is 92.5 Å². The van der Waals surface area contributed by atoms with Gasteiger partial charge in [-0.1, -0.05) is 54.6 Å². The molecule has 4 heterocycles. The SMILES string of the molecule is O=C1N(c2ccccc2)CC(c2ccccn2)=NN1c1ccccc1Br.O=C1NCC(c2ccccn2)=NN1c1ccccc1Br. The normalized spacial score (nSPS) is 14.5. The molecule has 0 atom stereocenters. The molecule has 0 spiro atoms. The molecule has 46 heavy (non-hydrogen) atoms. The van der Waals surface area contributed by atoms with Gasteiger partial charge in [-0.25, -0.2) is 9.59 Å². The zero-order valence-corrected chi connectivity index (χ0v) is 27.4. The van der Waals surface area contributed by atoms with E-state index in [0.717, 1.165) is 37.4 Å². The molecule has 1 N–H and O–H groups in total. The molecule has 0 bridgehead atoms. The minimum Gasteiger partial charge on any atom is -0.330 e. The Labute approximate surface area is 282 Å². The molecule has 12 heteroatoms. The molecule has 10 nitrogen and oxygen atoms in total. The highest BCUT2D eigenvalue weighted by molar-refractivity contribution is 9.11. The summed E-state index contributed by atoms with van der Waals surface area (Å²) in [4.78, 5) is 35.5. The number of carbonyl (C=O) groups is 2. The fraction of sp³-hybridized carbons (Fsp3) is 0.0588. The van der Waals surface area contributed by atoms with Gasteiger partial charge in [-0.15, -0.1) is 0 Å². The Morgan fingerprint density at radius 1 is 0.587 bits per heavy atom. The van der Waals surface area contributed by atoms with Gasteiger partial charge >= 0.3 is 12.1 Å². The summed E-state index contributed by atoms with van der Waals surface area (Å²) in [6, 6.07) is 35.4. The van der Waals surface area contributed by atoms with Crippen molar-refractivity contribution >= 4 is 72.4 Å². The van der Waals surface area contributed by atoms with Crippen molar-refractivity contribution in [3.8, 4) is 0 Å². The fourth-order valence-corrected chi connectivity index (χ4v) is 5.59. The van der Waals surface area contributed by atoms with Crippen LogP contribution in [-0.4, -0.2) is 46.5 Å². The molecule has 7 rings (SSSR count). The van der Waals surface area contributed by atoms with Crippen molar-refractivity contribution in [2.45, 2.75) is 0 Å². The van der Waals surface area contributed by atoms with Crippen LogP contribution in [0.2, 0.25) is 0 Å². The maximum atomic E-state index is 13.2. The number of para-hydroxylation sites is 3. The van der Waals surface area contributed by atoms with Crippen LogP contribution in [0.5, 0.6) is 0 Å². The number of halogens is 2. The molecule has 0 aliphatic carbocycles. The summed E-state index contributed by atoms with van der Waals surface area (Å²) in [5.74, 6) is 0. The van der Waals surface area contributed by atoms with Crippen LogP contribution in [0.3, 0.4) is 0 Å². The summed E-state index contributed by atoms with van der Waals surface area (Å²) in [6.07, 6.45) is 3.43. The van der Waals surface area contributed by atoms with Gasteiger partial charge in [0.05, 0.1) is 35.9 Å². The maximum absolute atomic E-state index is 13.2. The van der Waals surface area contributed by atoms with E-state index in [9.17, 15) is 9.59 Å². The van der Waals surface area contributed by atoms with Gasteiger partial charge in [0.1, 0.15) is 11.4 Å². The first-order valence-electron chi connectivity index (χ1n) is 14.2. The summed E-state index contributed by atoms with van der Waals surface area (Å²) in [5, 5.41) is 14.6. The number of rotatable bonds is 5. The quantitative estimate of drug-likeness (QED) is 0.202. The number of pyridine rings is 2. The van der Waals surface area contributed by atoms with E-state index in [1.165, 1.54) is 10.0 Å². The van der Waals surface area contributed by atoms with Crippen LogP contribution < -0.4 is 20.2 Å². The van der Waals surface area contributed by atoms with Gasteiger partial charge in [-0.3, -0.25) is 14.9 Å². The third-order valence-electron chi connectivity index (χ3n) is 6.91. The standard InChI is InChI=1S/C20H15BrN4O.C14H11BrN4O/c21-16-10-4-5-12-19(16)25-20(26)24(15-8-2-1-3-9-15)14-18(23-25)17-11-6-7-13-22-17;15-10-5-1-2-7-13(10)19-14(20)17-9-12(18-19)11-6-3-4-8-16-11/h1-13H,14H2;1-8H,9H2,(H,17,20). The summed E-state index contributed by atoms with van der Waals surface area (Å²) < 4.78 is 1.61. The van der Waals surface area contributed by atoms with Crippen LogP contribution in [0.1, 0.15) is 11.4 Å². The molecule has 4 amide bonds. The molecule has 0 saturated carbocycles. The Morgan fingerprint density at radius 3 is 1.70 bits per heavy atom. The Bertz CT molecular complexity index is 1910. The van der Waals surface area contributed by atoms with Crippen LogP contribution in [0.4, 0.5) is 26.7 Å². The van der Waals surface area contributed by atoms with Crippen molar-refractivity contribution in [2.75, 3.05) is 28.0 Å². The fourth-order valence-electron chi connectivity index (χ4n) is 4.68. The van der Waals surface area contributed by atoms with Crippen molar-refractivity contribution in [3.05, 3.63) is 148 Å². The van der Waals surface area contributed by atoms with E-state index < -0.39 is 0 Å². The van der Waals surface area contributed by atoms with Crippen molar-refractivity contribution in [3.63, 3.8) is 0 Å². The number of benzene rings is 3. The number of nitrogens with zero attached hydrogens (tertiary/aromatic N) is 7. The molecule has 228 valence electrons. The Kier molecular flexibility index (Phi) is 9.56. The number of hydrogen-bond acceptors (Lipinski definition) is 6. The van der Waals surface area contributed by atoms with Gasteiger partial charge in [0, 0.05) is 27.0 Å². The van der Waals surface area contributed by atoms with Gasteiger partial charge in [0.25, 0.3) is 0 Å². The average molecular weight is 738 g/mol. The number of urea groups is 2. The monoisotopic (exact) mass is 736 g/mol. The van der Waals surface area contributed by atoms with E-state index in [0.29, 0.717) is 24.5 Å². The Hall–Kier alpha value is -5.20. The summed E-state index contributed by atoms with van der Waals surface area (Å²) in [6.45, 7) is 0.734. The third-order valence-corrected chi connectivity index (χ3v) is 8.25. The molecule has 0 fully saturated rings. The Morgan fingerprint density at radius 2 is 1.11 bits per heavy atom. The smallest absolute Gasteiger partial charge is 0.330 e. The highest BCUT2D eigenvalue weighted by Crippen LogP contribution is 2.31. The number of aromatic nitrogens is 2. The molecule has 0 unspecified atom stereocenters. The molecule has 5 aromatic rings. The predicted octanol–water partition coefficient (Wildman–Crippen LogP) is 7.47. The largest absolute Gasteiger partial charge is 0.350 e. The van der Waals surface area contributed by atoms with E-state index in [1.807, 2.05) is 115 Å². The number of nitrogens with one attached hydrogen (secondary N) is 1. The minimum absolute atomic E-state index is 0.206. The third kappa shape index (κ3) is 6.87. The molecular formula is C34H26Br2N8O2. The summed E-state index contributed by atoms with van der Waals surface area (Å²) in [5.41, 5.74) is 5.15. The number of carbonyl (C=O) groups excluding carboxylic acids is 2. The predicted molar refractivity (Wildman–Crippen MR) is 187 cm³/mol. The lowest BCUT2D eigenvalue weighted by molar-refractivity contribution is 0.246. The molecule has 2 aliphatic rings. The molecule has 0 radical (unpaired) electrons. The highest BCUT2D eigenvalue weighted by Gasteiger charge is 2.32. The van der Waals surface area contributed by atoms with Gasteiger partial charge < -0.3 is 5.32 Å². The second-order valence-corrected chi connectivity index (χ2v) is 11.6. The highest BCUT2D eigenvalue weighted by atomic mass is 79.9. The van der Waals surface area contributed by atoms with Crippen LogP contribution >= 0.6 is 31.9 Å². The molecule has 3 aromatic carbocycles. The first-order valence-corrected chi connectivity index (χ1v) is 15.8. The van der Waals surface area contributed by atoms with E-state index in [1.54, 1.807) is 17.3 Å². The van der Waals surface area contributed by atoms with Gasteiger partial charge in [-0.2, -0.15) is 20.2 Å². The average Bonchev–Trinajstić information content (AvgIpc) is 3.11. The number of hydrazone groups is 2. The second-order valence-electron chi connectivity index (χ2n) is 9.91. The summed E-state index contributed by atoms with van der Waals surface area (Å²) >= 11 is 6.94. The number of anilines is 3. The lowest BCUT2D eigenvalue weighted by atomic mass is 10.2. The van der Waals surface area contributed by atoms with Crippen molar-refractivity contribution < 1.29 is 9.59 Å².